The average Bonchev–Trinajstić information content (AvgIpc) is 2.32. The van der Waals surface area contributed by atoms with Gasteiger partial charge in [0.2, 0.25) is 0 Å². The second kappa shape index (κ2) is 4.37. The minimum Gasteiger partial charge on any atom is -0.508 e. The Hall–Kier alpha value is -2.16. The molecule has 0 bridgehead atoms. The van der Waals surface area contributed by atoms with Crippen LogP contribution in [0.1, 0.15) is 16.7 Å². The summed E-state index contributed by atoms with van der Waals surface area (Å²) < 4.78 is 0. The van der Waals surface area contributed by atoms with E-state index in [0.29, 0.717) is 17.5 Å². The maximum absolute atomic E-state index is 9.89. The van der Waals surface area contributed by atoms with Crippen LogP contribution in [0, 0.1) is 6.92 Å². The third-order valence-electron chi connectivity index (χ3n) is 2.86. The summed E-state index contributed by atoms with van der Waals surface area (Å²) in [6.45, 7) is 1.65. The monoisotopic (exact) mass is 230 g/mol. The van der Waals surface area contributed by atoms with E-state index in [1.54, 1.807) is 37.3 Å². The molecule has 0 heterocycles. The van der Waals surface area contributed by atoms with Crippen molar-refractivity contribution in [2.24, 2.45) is 0 Å². The Bertz CT molecular complexity index is 547. The van der Waals surface area contributed by atoms with Gasteiger partial charge in [-0.2, -0.15) is 0 Å². The van der Waals surface area contributed by atoms with Crippen LogP contribution >= 0.6 is 0 Å². The van der Waals surface area contributed by atoms with E-state index in [4.69, 9.17) is 0 Å². The molecule has 0 atom stereocenters. The first-order valence-corrected chi connectivity index (χ1v) is 5.37. The number of benzene rings is 2. The summed E-state index contributed by atoms with van der Waals surface area (Å²) >= 11 is 0. The zero-order valence-corrected chi connectivity index (χ0v) is 9.51. The Morgan fingerprint density at radius 1 is 0.824 bits per heavy atom. The van der Waals surface area contributed by atoms with Crippen LogP contribution < -0.4 is 0 Å². The van der Waals surface area contributed by atoms with Crippen LogP contribution in [0.5, 0.6) is 17.2 Å². The number of phenols is 3. The van der Waals surface area contributed by atoms with Gasteiger partial charge in [0, 0.05) is 12.0 Å². The molecule has 0 amide bonds. The minimum absolute atomic E-state index is 0.0727. The molecule has 0 aliphatic rings. The maximum Gasteiger partial charge on any atom is 0.125 e. The lowest BCUT2D eigenvalue weighted by atomic mass is 10.0. The van der Waals surface area contributed by atoms with Crippen molar-refractivity contribution in [2.45, 2.75) is 13.3 Å². The van der Waals surface area contributed by atoms with Crippen LogP contribution in [0.3, 0.4) is 0 Å². The van der Waals surface area contributed by atoms with Gasteiger partial charge in [-0.25, -0.2) is 0 Å². The van der Waals surface area contributed by atoms with Crippen molar-refractivity contribution in [2.75, 3.05) is 0 Å². The molecular weight excluding hydrogens is 216 g/mol. The lowest BCUT2D eigenvalue weighted by Gasteiger charge is -2.09. The van der Waals surface area contributed by atoms with E-state index in [1.807, 2.05) is 6.07 Å². The van der Waals surface area contributed by atoms with Crippen molar-refractivity contribution in [3.8, 4) is 17.2 Å². The molecule has 0 aliphatic heterocycles. The molecule has 0 unspecified atom stereocenters. The highest BCUT2D eigenvalue weighted by Gasteiger charge is 2.10. The number of hydrogen-bond acceptors (Lipinski definition) is 3. The molecule has 0 aromatic heterocycles. The molecule has 2 aromatic carbocycles. The molecule has 0 fully saturated rings. The number of rotatable bonds is 2. The Labute approximate surface area is 99.6 Å². The van der Waals surface area contributed by atoms with Crippen molar-refractivity contribution in [1.82, 2.24) is 0 Å². The first kappa shape index (κ1) is 11.3. The van der Waals surface area contributed by atoms with Crippen LogP contribution in [0.4, 0.5) is 0 Å². The molecule has 2 rings (SSSR count). The largest absolute Gasteiger partial charge is 0.508 e. The van der Waals surface area contributed by atoms with Gasteiger partial charge < -0.3 is 15.3 Å². The van der Waals surface area contributed by atoms with Crippen molar-refractivity contribution in [3.63, 3.8) is 0 Å². The zero-order chi connectivity index (χ0) is 12.4. The second-order valence-electron chi connectivity index (χ2n) is 4.02. The summed E-state index contributed by atoms with van der Waals surface area (Å²) in [6.07, 6.45) is 0.430. The summed E-state index contributed by atoms with van der Waals surface area (Å²) in [5.41, 5.74) is 1.88. The molecule has 0 aliphatic carbocycles. The molecule has 3 nitrogen and oxygen atoms in total. The Morgan fingerprint density at radius 3 is 2.24 bits per heavy atom. The van der Waals surface area contributed by atoms with Gasteiger partial charge in [-0.15, -0.1) is 0 Å². The lowest BCUT2D eigenvalue weighted by molar-refractivity contribution is 0.438. The van der Waals surface area contributed by atoms with E-state index in [9.17, 15) is 15.3 Å². The van der Waals surface area contributed by atoms with E-state index >= 15 is 0 Å². The summed E-state index contributed by atoms with van der Waals surface area (Å²) in [7, 11) is 0. The predicted octanol–water partition coefficient (Wildman–Crippen LogP) is 2.70. The molecule has 3 heteroatoms. The standard InChI is InChI=1S/C14H14O3/c1-9-12(15)7-6-11(14(9)17)8-10-4-2-3-5-13(10)16/h2-7,15-17H,8H2,1H3. The van der Waals surface area contributed by atoms with E-state index in [2.05, 4.69) is 0 Å². The van der Waals surface area contributed by atoms with Crippen molar-refractivity contribution in [3.05, 3.63) is 53.1 Å². The van der Waals surface area contributed by atoms with E-state index in [1.165, 1.54) is 0 Å². The molecule has 0 saturated heterocycles. The molecule has 0 spiro atoms. The summed E-state index contributed by atoms with van der Waals surface area (Å²) in [4.78, 5) is 0. The first-order valence-electron chi connectivity index (χ1n) is 5.37. The van der Waals surface area contributed by atoms with Gasteiger partial charge >= 0.3 is 0 Å². The molecular formula is C14H14O3. The number of para-hydroxylation sites is 1. The molecule has 88 valence electrons. The van der Waals surface area contributed by atoms with Crippen molar-refractivity contribution >= 4 is 0 Å². The van der Waals surface area contributed by atoms with Crippen LogP contribution in [-0.4, -0.2) is 15.3 Å². The van der Waals surface area contributed by atoms with E-state index in [-0.39, 0.29) is 17.2 Å². The van der Waals surface area contributed by atoms with Gasteiger partial charge in [-0.05, 0) is 30.2 Å². The van der Waals surface area contributed by atoms with Gasteiger partial charge in [0.25, 0.3) is 0 Å². The van der Waals surface area contributed by atoms with Gasteiger partial charge in [-0.1, -0.05) is 24.3 Å². The fourth-order valence-corrected chi connectivity index (χ4v) is 1.75. The van der Waals surface area contributed by atoms with Crippen LogP contribution in [0.15, 0.2) is 36.4 Å². The van der Waals surface area contributed by atoms with Crippen LogP contribution in [-0.2, 0) is 6.42 Å². The maximum atomic E-state index is 9.89. The average molecular weight is 230 g/mol. The third-order valence-corrected chi connectivity index (χ3v) is 2.86. The number of phenolic OH excluding ortho intramolecular Hbond substituents is 3. The van der Waals surface area contributed by atoms with Gasteiger partial charge in [-0.3, -0.25) is 0 Å². The summed E-state index contributed by atoms with van der Waals surface area (Å²) in [5.74, 6) is 0.356. The van der Waals surface area contributed by atoms with E-state index in [0.717, 1.165) is 5.56 Å². The normalized spacial score (nSPS) is 10.4. The zero-order valence-electron chi connectivity index (χ0n) is 9.51. The molecule has 0 saturated carbocycles. The molecule has 3 N–H and O–H groups in total. The van der Waals surface area contributed by atoms with Gasteiger partial charge in [0.15, 0.2) is 0 Å². The Morgan fingerprint density at radius 2 is 1.53 bits per heavy atom. The number of hydrogen-bond donors (Lipinski definition) is 3. The van der Waals surface area contributed by atoms with Crippen molar-refractivity contribution in [1.29, 1.82) is 0 Å². The SMILES string of the molecule is Cc1c(O)ccc(Cc2ccccc2O)c1O. The Kier molecular flexibility index (Phi) is 2.91. The fourth-order valence-electron chi connectivity index (χ4n) is 1.75. The molecule has 17 heavy (non-hydrogen) atoms. The fraction of sp³-hybridized carbons (Fsp3) is 0.143. The topological polar surface area (TPSA) is 60.7 Å². The van der Waals surface area contributed by atoms with Crippen molar-refractivity contribution < 1.29 is 15.3 Å². The molecule has 2 aromatic rings. The highest BCUT2D eigenvalue weighted by Crippen LogP contribution is 2.32. The van der Waals surface area contributed by atoms with Crippen LogP contribution in [0.25, 0.3) is 0 Å². The van der Waals surface area contributed by atoms with Gasteiger partial charge in [0.05, 0.1) is 0 Å². The highest BCUT2D eigenvalue weighted by atomic mass is 16.3. The quantitative estimate of drug-likeness (QED) is 0.743. The summed E-state index contributed by atoms with van der Waals surface area (Å²) in [6, 6.07) is 10.2. The van der Waals surface area contributed by atoms with Crippen LogP contribution in [0.2, 0.25) is 0 Å². The molecule has 0 radical (unpaired) electrons. The minimum atomic E-state index is 0.0727. The highest BCUT2D eigenvalue weighted by molar-refractivity contribution is 5.50. The summed E-state index contributed by atoms with van der Waals surface area (Å²) in [5, 5.41) is 29.0. The first-order chi connectivity index (χ1) is 8.09. The Balaban J connectivity index is 2.38. The smallest absolute Gasteiger partial charge is 0.125 e. The predicted molar refractivity (Wildman–Crippen MR) is 65.4 cm³/mol. The van der Waals surface area contributed by atoms with Gasteiger partial charge in [0.1, 0.15) is 17.2 Å². The lowest BCUT2D eigenvalue weighted by Crippen LogP contribution is -1.91. The second-order valence-corrected chi connectivity index (χ2v) is 4.02. The van der Waals surface area contributed by atoms with E-state index < -0.39 is 0 Å². The number of aromatic hydroxyl groups is 3. The third kappa shape index (κ3) is 2.18.